The number of benzene rings is 1. The molecule has 0 radical (unpaired) electrons. The standard InChI is InChI=1S/C15H16O3/c1-9-8-18-15-11(9)3-2-4-12(15)13(7-14(16)17)10-5-6-10/h2-4,8,10,13H,5-7H2,1H3,(H,16,17). The highest BCUT2D eigenvalue weighted by molar-refractivity contribution is 5.84. The Hall–Kier alpha value is -1.77. The molecule has 3 rings (SSSR count). The predicted molar refractivity (Wildman–Crippen MR) is 68.7 cm³/mol. The summed E-state index contributed by atoms with van der Waals surface area (Å²) in [5.41, 5.74) is 3.04. The molecule has 3 nitrogen and oxygen atoms in total. The average Bonchev–Trinajstić information content (AvgIpc) is 3.11. The first-order valence-electron chi connectivity index (χ1n) is 6.35. The quantitative estimate of drug-likeness (QED) is 0.891. The average molecular weight is 244 g/mol. The topological polar surface area (TPSA) is 50.4 Å². The smallest absolute Gasteiger partial charge is 0.303 e. The van der Waals surface area contributed by atoms with Crippen LogP contribution in [0.2, 0.25) is 0 Å². The van der Waals surface area contributed by atoms with E-state index in [0.29, 0.717) is 5.92 Å². The van der Waals surface area contributed by atoms with Crippen molar-refractivity contribution in [2.75, 3.05) is 0 Å². The Bertz CT molecular complexity index is 593. The van der Waals surface area contributed by atoms with Crippen LogP contribution in [0.5, 0.6) is 0 Å². The molecule has 94 valence electrons. The molecule has 1 aliphatic rings. The first-order chi connectivity index (χ1) is 8.66. The molecule has 0 bridgehead atoms. The number of aliphatic carboxylic acids is 1. The molecule has 1 aliphatic carbocycles. The largest absolute Gasteiger partial charge is 0.481 e. The van der Waals surface area contributed by atoms with Gasteiger partial charge in [0.05, 0.1) is 12.7 Å². The number of para-hydroxylation sites is 1. The van der Waals surface area contributed by atoms with E-state index in [0.717, 1.165) is 34.9 Å². The van der Waals surface area contributed by atoms with Gasteiger partial charge >= 0.3 is 5.97 Å². The lowest BCUT2D eigenvalue weighted by Crippen LogP contribution is -2.08. The van der Waals surface area contributed by atoms with E-state index in [-0.39, 0.29) is 12.3 Å². The van der Waals surface area contributed by atoms with Gasteiger partial charge in [-0.15, -0.1) is 0 Å². The molecule has 1 atom stereocenters. The van der Waals surface area contributed by atoms with E-state index in [2.05, 4.69) is 0 Å². The lowest BCUT2D eigenvalue weighted by Gasteiger charge is -2.14. The summed E-state index contributed by atoms with van der Waals surface area (Å²) in [7, 11) is 0. The summed E-state index contributed by atoms with van der Waals surface area (Å²) in [6.45, 7) is 2.01. The minimum atomic E-state index is -0.729. The third kappa shape index (κ3) is 1.90. The van der Waals surface area contributed by atoms with Crippen molar-refractivity contribution < 1.29 is 14.3 Å². The molecule has 1 fully saturated rings. The van der Waals surface area contributed by atoms with Crippen LogP contribution in [0.15, 0.2) is 28.9 Å². The zero-order chi connectivity index (χ0) is 12.7. The van der Waals surface area contributed by atoms with Crippen LogP contribution in [-0.4, -0.2) is 11.1 Å². The van der Waals surface area contributed by atoms with Crippen molar-refractivity contribution in [1.29, 1.82) is 0 Å². The van der Waals surface area contributed by atoms with Gasteiger partial charge in [0.25, 0.3) is 0 Å². The van der Waals surface area contributed by atoms with Gasteiger partial charge in [-0.1, -0.05) is 18.2 Å². The predicted octanol–water partition coefficient (Wildman–Crippen LogP) is 3.71. The zero-order valence-electron chi connectivity index (χ0n) is 10.3. The van der Waals surface area contributed by atoms with E-state index in [1.54, 1.807) is 6.26 Å². The molecule has 0 saturated heterocycles. The zero-order valence-corrected chi connectivity index (χ0v) is 10.3. The first-order valence-corrected chi connectivity index (χ1v) is 6.35. The van der Waals surface area contributed by atoms with Crippen LogP contribution in [0.1, 0.15) is 36.3 Å². The van der Waals surface area contributed by atoms with Crippen molar-refractivity contribution >= 4 is 16.9 Å². The maximum Gasteiger partial charge on any atom is 0.303 e. The second-order valence-electron chi connectivity index (χ2n) is 5.18. The molecule has 0 spiro atoms. The van der Waals surface area contributed by atoms with Gasteiger partial charge in [0.1, 0.15) is 5.58 Å². The number of hydrogen-bond acceptors (Lipinski definition) is 2. The maximum atomic E-state index is 11.0. The molecule has 1 aromatic carbocycles. The molecule has 1 aromatic heterocycles. The summed E-state index contributed by atoms with van der Waals surface area (Å²) < 4.78 is 5.63. The molecule has 1 saturated carbocycles. The van der Waals surface area contributed by atoms with Crippen LogP contribution in [0, 0.1) is 12.8 Å². The van der Waals surface area contributed by atoms with Crippen molar-refractivity contribution in [3.05, 3.63) is 35.6 Å². The summed E-state index contributed by atoms with van der Waals surface area (Å²) in [5, 5.41) is 10.2. The molecule has 1 N–H and O–H groups in total. The first kappa shape index (κ1) is 11.3. The van der Waals surface area contributed by atoms with Gasteiger partial charge in [-0.05, 0) is 36.8 Å². The lowest BCUT2D eigenvalue weighted by molar-refractivity contribution is -0.137. The number of carboxylic acid groups (broad SMARTS) is 1. The molecular formula is C15H16O3. The van der Waals surface area contributed by atoms with Gasteiger partial charge in [-0.2, -0.15) is 0 Å². The molecule has 1 unspecified atom stereocenters. The summed E-state index contributed by atoms with van der Waals surface area (Å²) >= 11 is 0. The summed E-state index contributed by atoms with van der Waals surface area (Å²) in [6.07, 6.45) is 4.21. The Morgan fingerprint density at radius 1 is 1.50 bits per heavy atom. The van der Waals surface area contributed by atoms with Gasteiger partial charge in [0.2, 0.25) is 0 Å². The van der Waals surface area contributed by atoms with Crippen LogP contribution in [0.25, 0.3) is 11.0 Å². The Morgan fingerprint density at radius 2 is 2.28 bits per heavy atom. The fraction of sp³-hybridized carbons (Fsp3) is 0.400. The van der Waals surface area contributed by atoms with Gasteiger partial charge in [0, 0.05) is 11.3 Å². The van der Waals surface area contributed by atoms with Crippen LogP contribution >= 0.6 is 0 Å². The molecule has 1 heterocycles. The summed E-state index contributed by atoms with van der Waals surface area (Å²) in [6, 6.07) is 6.04. The van der Waals surface area contributed by atoms with E-state index in [1.807, 2.05) is 25.1 Å². The monoisotopic (exact) mass is 244 g/mol. The maximum absolute atomic E-state index is 11.0. The van der Waals surface area contributed by atoms with Crippen molar-refractivity contribution in [1.82, 2.24) is 0 Å². The van der Waals surface area contributed by atoms with E-state index in [9.17, 15) is 4.79 Å². The molecule has 18 heavy (non-hydrogen) atoms. The SMILES string of the molecule is Cc1coc2c(C(CC(=O)O)C3CC3)cccc12. The van der Waals surface area contributed by atoms with Crippen LogP contribution in [0.3, 0.4) is 0 Å². The number of carboxylic acids is 1. The van der Waals surface area contributed by atoms with Gasteiger partial charge in [-0.25, -0.2) is 0 Å². The number of carbonyl (C=O) groups is 1. The minimum Gasteiger partial charge on any atom is -0.481 e. The fourth-order valence-corrected chi connectivity index (χ4v) is 2.72. The van der Waals surface area contributed by atoms with E-state index < -0.39 is 5.97 Å². The number of rotatable bonds is 4. The number of aryl methyl sites for hydroxylation is 1. The third-order valence-corrected chi connectivity index (χ3v) is 3.81. The molecule has 2 aromatic rings. The molecule has 0 aliphatic heterocycles. The van der Waals surface area contributed by atoms with E-state index in [4.69, 9.17) is 9.52 Å². The van der Waals surface area contributed by atoms with E-state index >= 15 is 0 Å². The molecule has 3 heteroatoms. The highest BCUT2D eigenvalue weighted by Crippen LogP contribution is 2.46. The van der Waals surface area contributed by atoms with Crippen molar-refractivity contribution in [2.24, 2.45) is 5.92 Å². The lowest BCUT2D eigenvalue weighted by atomic mass is 9.89. The second-order valence-corrected chi connectivity index (χ2v) is 5.18. The number of hydrogen-bond donors (Lipinski definition) is 1. The van der Waals surface area contributed by atoms with Crippen LogP contribution in [-0.2, 0) is 4.79 Å². The van der Waals surface area contributed by atoms with Crippen LogP contribution in [0.4, 0.5) is 0 Å². The van der Waals surface area contributed by atoms with Gasteiger partial charge < -0.3 is 9.52 Å². The van der Waals surface area contributed by atoms with Crippen LogP contribution < -0.4 is 0 Å². The van der Waals surface area contributed by atoms with Crippen molar-refractivity contribution in [2.45, 2.75) is 32.1 Å². The number of fused-ring (bicyclic) bond motifs is 1. The van der Waals surface area contributed by atoms with E-state index in [1.165, 1.54) is 0 Å². The van der Waals surface area contributed by atoms with Gasteiger partial charge in [0.15, 0.2) is 0 Å². The molecular weight excluding hydrogens is 228 g/mol. The molecule has 0 amide bonds. The Kier molecular flexibility index (Phi) is 2.62. The van der Waals surface area contributed by atoms with Gasteiger partial charge in [-0.3, -0.25) is 4.79 Å². The highest BCUT2D eigenvalue weighted by atomic mass is 16.4. The number of furan rings is 1. The van der Waals surface area contributed by atoms with Crippen molar-refractivity contribution in [3.8, 4) is 0 Å². The summed E-state index contributed by atoms with van der Waals surface area (Å²) in [4.78, 5) is 11.0. The normalized spacial score (nSPS) is 16.9. The summed E-state index contributed by atoms with van der Waals surface area (Å²) in [5.74, 6) is -0.124. The fourth-order valence-electron chi connectivity index (χ4n) is 2.72. The Balaban J connectivity index is 2.08. The highest BCUT2D eigenvalue weighted by Gasteiger charge is 2.35. The third-order valence-electron chi connectivity index (χ3n) is 3.81. The minimum absolute atomic E-state index is 0.0942. The Morgan fingerprint density at radius 3 is 2.94 bits per heavy atom. The second kappa shape index (κ2) is 4.16. The van der Waals surface area contributed by atoms with Crippen molar-refractivity contribution in [3.63, 3.8) is 0 Å². The Labute approximate surface area is 105 Å².